The third-order valence-electron chi connectivity index (χ3n) is 2.73. The molecule has 0 radical (unpaired) electrons. The van der Waals surface area contributed by atoms with Crippen molar-refractivity contribution in [1.82, 2.24) is 14.9 Å². The summed E-state index contributed by atoms with van der Waals surface area (Å²) in [4.78, 5) is 1.91. The van der Waals surface area contributed by atoms with Crippen molar-refractivity contribution in [3.8, 4) is 0 Å². The molecule has 1 aromatic carbocycles. The molecule has 21 heavy (non-hydrogen) atoms. The minimum Gasteiger partial charge on any atom is -0.316 e. The van der Waals surface area contributed by atoms with Gasteiger partial charge in [0.25, 0.3) is 0 Å². The average molecular weight is 354 g/mol. The Labute approximate surface area is 136 Å². The van der Waals surface area contributed by atoms with Crippen LogP contribution in [0.4, 0.5) is 0 Å². The van der Waals surface area contributed by atoms with Crippen molar-refractivity contribution in [2.75, 3.05) is 27.7 Å². The molecule has 0 saturated carbocycles. The highest BCUT2D eigenvalue weighted by atomic mass is 35.5. The van der Waals surface area contributed by atoms with Crippen LogP contribution in [0.25, 0.3) is 0 Å². The number of hydrogen-bond acceptors (Lipinski definition) is 4. The van der Waals surface area contributed by atoms with E-state index in [1.165, 1.54) is 6.07 Å². The third kappa shape index (κ3) is 5.39. The number of nitrogens with one attached hydrogen (secondary N) is 2. The van der Waals surface area contributed by atoms with Gasteiger partial charge in [-0.25, -0.2) is 13.1 Å². The molecule has 0 bridgehead atoms. The maximum atomic E-state index is 12.5. The van der Waals surface area contributed by atoms with Crippen LogP contribution in [0.3, 0.4) is 0 Å². The van der Waals surface area contributed by atoms with Crippen LogP contribution in [0.1, 0.15) is 12.5 Å². The molecule has 1 aromatic rings. The number of rotatable bonds is 7. The lowest BCUT2D eigenvalue weighted by Crippen LogP contribution is -2.39. The monoisotopic (exact) mass is 353 g/mol. The molecule has 0 aliphatic carbocycles. The molecule has 0 aliphatic rings. The van der Waals surface area contributed by atoms with Crippen molar-refractivity contribution in [3.63, 3.8) is 0 Å². The zero-order chi connectivity index (χ0) is 16.2. The molecule has 2 N–H and O–H groups in total. The Balaban J connectivity index is 3.13. The second kappa shape index (κ2) is 7.76. The Morgan fingerprint density at radius 1 is 1.29 bits per heavy atom. The maximum Gasteiger partial charge on any atom is 0.242 e. The van der Waals surface area contributed by atoms with Crippen LogP contribution in [0.2, 0.25) is 10.0 Å². The first-order valence-electron chi connectivity index (χ1n) is 6.47. The number of hydrogen-bond donors (Lipinski definition) is 2. The van der Waals surface area contributed by atoms with Gasteiger partial charge < -0.3 is 10.2 Å². The van der Waals surface area contributed by atoms with Crippen LogP contribution < -0.4 is 10.0 Å². The lowest BCUT2D eigenvalue weighted by Gasteiger charge is -2.19. The predicted octanol–water partition coefficient (Wildman–Crippen LogP) is 1.94. The molecule has 0 saturated heterocycles. The van der Waals surface area contributed by atoms with E-state index in [0.717, 1.165) is 0 Å². The van der Waals surface area contributed by atoms with Crippen LogP contribution in [0, 0.1) is 0 Å². The summed E-state index contributed by atoms with van der Waals surface area (Å²) in [5.74, 6) is 0. The Morgan fingerprint density at radius 3 is 2.43 bits per heavy atom. The van der Waals surface area contributed by atoms with Gasteiger partial charge in [0.05, 0.1) is 5.02 Å². The summed E-state index contributed by atoms with van der Waals surface area (Å²) in [5, 5.41) is 3.46. The topological polar surface area (TPSA) is 61.4 Å². The molecule has 1 unspecified atom stereocenters. The lowest BCUT2D eigenvalue weighted by atomic mass is 10.2. The summed E-state index contributed by atoms with van der Waals surface area (Å²) in [7, 11) is 1.79. The maximum absolute atomic E-state index is 12.5. The SMILES string of the molecule is CNCc1cc(Cl)cc(S(=O)(=O)NC(C)CN(C)C)c1Cl. The Bertz CT molecular complexity index is 591. The van der Waals surface area contributed by atoms with Gasteiger partial charge in [-0.3, -0.25) is 0 Å². The van der Waals surface area contributed by atoms with Crippen LogP contribution in [-0.2, 0) is 16.6 Å². The fourth-order valence-electron chi connectivity index (χ4n) is 2.05. The van der Waals surface area contributed by atoms with Gasteiger partial charge in [-0.2, -0.15) is 0 Å². The third-order valence-corrected chi connectivity index (χ3v) is 5.12. The first-order chi connectivity index (χ1) is 9.67. The van der Waals surface area contributed by atoms with Gasteiger partial charge in [0.15, 0.2) is 0 Å². The first-order valence-corrected chi connectivity index (χ1v) is 8.71. The van der Waals surface area contributed by atoms with Gasteiger partial charge in [-0.1, -0.05) is 23.2 Å². The van der Waals surface area contributed by atoms with Gasteiger partial charge in [0, 0.05) is 24.2 Å². The minimum atomic E-state index is -3.72. The number of benzene rings is 1. The molecule has 1 rings (SSSR count). The number of sulfonamides is 1. The summed E-state index contributed by atoms with van der Waals surface area (Å²) in [6.45, 7) is 2.82. The van der Waals surface area contributed by atoms with E-state index in [4.69, 9.17) is 23.2 Å². The van der Waals surface area contributed by atoms with Gasteiger partial charge >= 0.3 is 0 Å². The molecule has 0 aliphatic heterocycles. The van der Waals surface area contributed by atoms with Gasteiger partial charge in [-0.05, 0) is 45.8 Å². The highest BCUT2D eigenvalue weighted by Gasteiger charge is 2.23. The van der Waals surface area contributed by atoms with E-state index in [-0.39, 0.29) is 16.0 Å². The number of nitrogens with zero attached hydrogens (tertiary/aromatic N) is 1. The molecule has 0 spiro atoms. The van der Waals surface area contributed by atoms with Gasteiger partial charge in [-0.15, -0.1) is 0 Å². The van der Waals surface area contributed by atoms with E-state index in [0.29, 0.717) is 23.7 Å². The van der Waals surface area contributed by atoms with E-state index < -0.39 is 10.0 Å². The lowest BCUT2D eigenvalue weighted by molar-refractivity contribution is 0.370. The van der Waals surface area contributed by atoms with E-state index >= 15 is 0 Å². The quantitative estimate of drug-likeness (QED) is 0.786. The largest absolute Gasteiger partial charge is 0.316 e. The molecule has 0 amide bonds. The normalized spacial score (nSPS) is 13.7. The molecule has 0 aromatic heterocycles. The molecule has 1 atom stereocenters. The molecular formula is C13H21Cl2N3O2S. The van der Waals surface area contributed by atoms with Crippen molar-refractivity contribution in [2.45, 2.75) is 24.4 Å². The standard InChI is InChI=1S/C13H21Cl2N3O2S/c1-9(8-18(3)4)17-21(19,20)12-6-11(14)5-10(7-16-2)13(12)15/h5-6,9,16-17H,7-8H2,1-4H3. The number of halogens is 2. The summed E-state index contributed by atoms with van der Waals surface area (Å²) in [6.07, 6.45) is 0. The average Bonchev–Trinajstić information content (AvgIpc) is 2.31. The van der Waals surface area contributed by atoms with Crippen molar-refractivity contribution in [2.24, 2.45) is 0 Å². The van der Waals surface area contributed by atoms with Crippen LogP contribution in [-0.4, -0.2) is 47.0 Å². The zero-order valence-corrected chi connectivity index (χ0v) is 14.9. The fourth-order valence-corrected chi connectivity index (χ4v) is 4.21. The van der Waals surface area contributed by atoms with Crippen LogP contribution in [0.5, 0.6) is 0 Å². The predicted molar refractivity (Wildman–Crippen MR) is 87.6 cm³/mol. The summed E-state index contributed by atoms with van der Waals surface area (Å²) in [5.41, 5.74) is 0.646. The summed E-state index contributed by atoms with van der Waals surface area (Å²) in [6, 6.07) is 2.78. The Kier molecular flexibility index (Phi) is 6.90. The van der Waals surface area contributed by atoms with Crippen molar-refractivity contribution in [1.29, 1.82) is 0 Å². The van der Waals surface area contributed by atoms with E-state index in [9.17, 15) is 8.42 Å². The van der Waals surface area contributed by atoms with Gasteiger partial charge in [0.1, 0.15) is 4.90 Å². The van der Waals surface area contributed by atoms with Crippen molar-refractivity contribution >= 4 is 33.2 Å². The second-order valence-electron chi connectivity index (χ2n) is 5.19. The molecule has 0 heterocycles. The fraction of sp³-hybridized carbons (Fsp3) is 0.538. The molecule has 120 valence electrons. The molecule has 0 fully saturated rings. The molecule has 8 heteroatoms. The van der Waals surface area contributed by atoms with E-state index in [1.807, 2.05) is 19.0 Å². The smallest absolute Gasteiger partial charge is 0.242 e. The van der Waals surface area contributed by atoms with E-state index in [2.05, 4.69) is 10.0 Å². The highest BCUT2D eigenvalue weighted by molar-refractivity contribution is 7.89. The molecule has 5 nitrogen and oxygen atoms in total. The van der Waals surface area contributed by atoms with Crippen LogP contribution in [0.15, 0.2) is 17.0 Å². The Hall–Kier alpha value is -0.370. The Morgan fingerprint density at radius 2 is 1.90 bits per heavy atom. The van der Waals surface area contributed by atoms with Crippen molar-refractivity contribution in [3.05, 3.63) is 27.7 Å². The number of likely N-dealkylation sites (N-methyl/N-ethyl adjacent to an activating group) is 1. The summed E-state index contributed by atoms with van der Waals surface area (Å²) >= 11 is 12.2. The first kappa shape index (κ1) is 18.7. The van der Waals surface area contributed by atoms with E-state index in [1.54, 1.807) is 20.0 Å². The highest BCUT2D eigenvalue weighted by Crippen LogP contribution is 2.29. The zero-order valence-electron chi connectivity index (χ0n) is 12.6. The van der Waals surface area contributed by atoms with Crippen LogP contribution >= 0.6 is 23.2 Å². The van der Waals surface area contributed by atoms with Gasteiger partial charge in [0.2, 0.25) is 10.0 Å². The second-order valence-corrected chi connectivity index (χ2v) is 7.69. The molecular weight excluding hydrogens is 333 g/mol. The summed E-state index contributed by atoms with van der Waals surface area (Å²) < 4.78 is 27.5. The minimum absolute atomic E-state index is 0.00697. The van der Waals surface area contributed by atoms with Crippen molar-refractivity contribution < 1.29 is 8.42 Å².